The SMILES string of the molecule is COc1ccc(C(O)C(NCCCCCCO)c2ccc(OC)cc2)cc1. The number of hydrogen-bond donors (Lipinski definition) is 3. The van der Waals surface area contributed by atoms with Crippen molar-refractivity contribution in [1.29, 1.82) is 0 Å². The van der Waals surface area contributed by atoms with Gasteiger partial charge in [-0.2, -0.15) is 0 Å². The monoisotopic (exact) mass is 373 g/mol. The summed E-state index contributed by atoms with van der Waals surface area (Å²) in [4.78, 5) is 0. The molecule has 2 unspecified atom stereocenters. The summed E-state index contributed by atoms with van der Waals surface area (Å²) in [6, 6.07) is 15.1. The number of rotatable bonds is 12. The van der Waals surface area contributed by atoms with Crippen LogP contribution in [-0.2, 0) is 0 Å². The molecule has 5 nitrogen and oxygen atoms in total. The van der Waals surface area contributed by atoms with Gasteiger partial charge in [0.25, 0.3) is 0 Å². The smallest absolute Gasteiger partial charge is 0.118 e. The van der Waals surface area contributed by atoms with Gasteiger partial charge in [-0.1, -0.05) is 37.1 Å². The quantitative estimate of drug-likeness (QED) is 0.496. The number of aliphatic hydroxyl groups is 2. The van der Waals surface area contributed by atoms with Crippen molar-refractivity contribution in [3.8, 4) is 11.5 Å². The van der Waals surface area contributed by atoms with Crippen LogP contribution in [0.25, 0.3) is 0 Å². The Morgan fingerprint density at radius 2 is 1.30 bits per heavy atom. The molecule has 0 saturated carbocycles. The van der Waals surface area contributed by atoms with Gasteiger partial charge in [0.15, 0.2) is 0 Å². The van der Waals surface area contributed by atoms with Crippen molar-refractivity contribution in [1.82, 2.24) is 5.32 Å². The number of methoxy groups -OCH3 is 2. The average molecular weight is 373 g/mol. The average Bonchev–Trinajstić information content (AvgIpc) is 2.73. The topological polar surface area (TPSA) is 71.0 Å². The van der Waals surface area contributed by atoms with Gasteiger partial charge in [-0.25, -0.2) is 0 Å². The van der Waals surface area contributed by atoms with E-state index in [2.05, 4.69) is 5.32 Å². The first kappa shape index (κ1) is 21.2. The van der Waals surface area contributed by atoms with E-state index in [0.717, 1.165) is 54.9 Å². The molecule has 0 radical (unpaired) electrons. The van der Waals surface area contributed by atoms with Gasteiger partial charge >= 0.3 is 0 Å². The van der Waals surface area contributed by atoms with Gasteiger partial charge in [0.2, 0.25) is 0 Å². The molecule has 3 N–H and O–H groups in total. The molecule has 0 amide bonds. The minimum Gasteiger partial charge on any atom is -0.497 e. The maximum atomic E-state index is 11.0. The molecule has 0 heterocycles. The minimum absolute atomic E-state index is 0.220. The molecule has 0 aliphatic carbocycles. The molecule has 0 bridgehead atoms. The lowest BCUT2D eigenvalue weighted by atomic mass is 9.95. The second-order valence-electron chi connectivity index (χ2n) is 6.56. The van der Waals surface area contributed by atoms with Crippen molar-refractivity contribution in [3.05, 3.63) is 59.7 Å². The third-order valence-electron chi connectivity index (χ3n) is 4.70. The van der Waals surface area contributed by atoms with Gasteiger partial charge in [-0.15, -0.1) is 0 Å². The maximum absolute atomic E-state index is 11.0. The van der Waals surface area contributed by atoms with Crippen molar-refractivity contribution in [2.75, 3.05) is 27.4 Å². The van der Waals surface area contributed by atoms with Gasteiger partial charge < -0.3 is 25.0 Å². The van der Waals surface area contributed by atoms with E-state index in [1.165, 1.54) is 0 Å². The Morgan fingerprint density at radius 3 is 1.81 bits per heavy atom. The maximum Gasteiger partial charge on any atom is 0.118 e. The zero-order valence-corrected chi connectivity index (χ0v) is 16.2. The Kier molecular flexibility index (Phi) is 9.11. The summed E-state index contributed by atoms with van der Waals surface area (Å²) in [5.74, 6) is 1.56. The minimum atomic E-state index is -0.679. The van der Waals surface area contributed by atoms with E-state index in [0.29, 0.717) is 0 Å². The molecule has 0 aliphatic heterocycles. The first-order valence-corrected chi connectivity index (χ1v) is 9.49. The highest BCUT2D eigenvalue weighted by atomic mass is 16.5. The fourth-order valence-corrected chi connectivity index (χ4v) is 3.06. The molecule has 0 aromatic heterocycles. The highest BCUT2D eigenvalue weighted by molar-refractivity contribution is 5.33. The summed E-state index contributed by atoms with van der Waals surface area (Å²) < 4.78 is 10.4. The van der Waals surface area contributed by atoms with Crippen LogP contribution in [0.3, 0.4) is 0 Å². The Balaban J connectivity index is 2.09. The Labute approximate surface area is 162 Å². The largest absolute Gasteiger partial charge is 0.497 e. The van der Waals surface area contributed by atoms with E-state index in [-0.39, 0.29) is 12.6 Å². The van der Waals surface area contributed by atoms with Gasteiger partial charge in [-0.3, -0.25) is 0 Å². The third kappa shape index (κ3) is 6.54. The van der Waals surface area contributed by atoms with Gasteiger partial charge in [0, 0.05) is 6.61 Å². The van der Waals surface area contributed by atoms with E-state index in [1.807, 2.05) is 48.5 Å². The van der Waals surface area contributed by atoms with E-state index < -0.39 is 6.10 Å². The molecule has 148 valence electrons. The normalized spacial score (nSPS) is 13.2. The molecule has 2 aromatic rings. The lowest BCUT2D eigenvalue weighted by Gasteiger charge is -2.25. The van der Waals surface area contributed by atoms with Crippen molar-refractivity contribution >= 4 is 0 Å². The predicted octanol–water partition coefficient (Wildman–Crippen LogP) is 3.62. The van der Waals surface area contributed by atoms with Crippen molar-refractivity contribution < 1.29 is 19.7 Å². The van der Waals surface area contributed by atoms with E-state index in [9.17, 15) is 5.11 Å². The molecular weight excluding hydrogens is 342 g/mol. The predicted molar refractivity (Wildman–Crippen MR) is 107 cm³/mol. The first-order valence-electron chi connectivity index (χ1n) is 9.49. The van der Waals surface area contributed by atoms with Crippen LogP contribution in [0.1, 0.15) is 49.0 Å². The zero-order valence-electron chi connectivity index (χ0n) is 16.2. The Hall–Kier alpha value is -2.08. The van der Waals surface area contributed by atoms with E-state index >= 15 is 0 Å². The number of hydrogen-bond acceptors (Lipinski definition) is 5. The van der Waals surface area contributed by atoms with Crippen molar-refractivity contribution in [2.24, 2.45) is 0 Å². The van der Waals surface area contributed by atoms with Crippen LogP contribution in [0.2, 0.25) is 0 Å². The third-order valence-corrected chi connectivity index (χ3v) is 4.70. The van der Waals surface area contributed by atoms with Crippen LogP contribution in [0.15, 0.2) is 48.5 Å². The molecule has 2 aromatic carbocycles. The number of aliphatic hydroxyl groups excluding tert-OH is 2. The first-order chi connectivity index (χ1) is 13.2. The number of benzene rings is 2. The van der Waals surface area contributed by atoms with Crippen LogP contribution < -0.4 is 14.8 Å². The second kappa shape index (κ2) is 11.6. The van der Waals surface area contributed by atoms with Gasteiger partial charge in [-0.05, 0) is 54.8 Å². The summed E-state index contributed by atoms with van der Waals surface area (Å²) >= 11 is 0. The van der Waals surface area contributed by atoms with E-state index in [4.69, 9.17) is 14.6 Å². The number of ether oxygens (including phenoxy) is 2. The molecule has 0 spiro atoms. The second-order valence-corrected chi connectivity index (χ2v) is 6.56. The van der Waals surface area contributed by atoms with Gasteiger partial charge in [0.1, 0.15) is 11.5 Å². The highest BCUT2D eigenvalue weighted by Crippen LogP contribution is 2.31. The lowest BCUT2D eigenvalue weighted by molar-refractivity contribution is 0.128. The molecule has 27 heavy (non-hydrogen) atoms. The summed E-state index contributed by atoms with van der Waals surface area (Å²) in [5, 5.41) is 23.4. The summed E-state index contributed by atoms with van der Waals surface area (Å²) in [6.07, 6.45) is 3.24. The number of unbranched alkanes of at least 4 members (excludes halogenated alkanes) is 3. The van der Waals surface area contributed by atoms with Crippen LogP contribution >= 0.6 is 0 Å². The van der Waals surface area contributed by atoms with Crippen LogP contribution in [0.4, 0.5) is 0 Å². The summed E-state index contributed by atoms with van der Waals surface area (Å²) in [6.45, 7) is 1.05. The Bertz CT molecular complexity index is 642. The zero-order chi connectivity index (χ0) is 19.5. The molecular formula is C22H31NO4. The van der Waals surface area contributed by atoms with Crippen LogP contribution in [0.5, 0.6) is 11.5 Å². The van der Waals surface area contributed by atoms with Crippen molar-refractivity contribution in [2.45, 2.75) is 37.8 Å². The molecule has 0 fully saturated rings. The van der Waals surface area contributed by atoms with Gasteiger partial charge in [0.05, 0.1) is 26.4 Å². The number of nitrogens with one attached hydrogen (secondary N) is 1. The molecule has 0 aliphatic rings. The molecule has 0 saturated heterocycles. The molecule has 5 heteroatoms. The standard InChI is InChI=1S/C22H31NO4/c1-26-19-11-7-17(8-12-19)21(23-15-5-3-4-6-16-24)22(25)18-9-13-20(27-2)14-10-18/h7-14,21-25H,3-6,15-16H2,1-2H3. The Morgan fingerprint density at radius 1 is 0.778 bits per heavy atom. The van der Waals surface area contributed by atoms with Crippen LogP contribution in [0, 0.1) is 0 Å². The lowest BCUT2D eigenvalue weighted by Crippen LogP contribution is -2.28. The fraction of sp³-hybridized carbons (Fsp3) is 0.455. The highest BCUT2D eigenvalue weighted by Gasteiger charge is 2.22. The summed E-state index contributed by atoms with van der Waals surface area (Å²) in [5.41, 5.74) is 1.85. The fourth-order valence-electron chi connectivity index (χ4n) is 3.06. The van der Waals surface area contributed by atoms with Crippen molar-refractivity contribution in [3.63, 3.8) is 0 Å². The molecule has 2 atom stereocenters. The van der Waals surface area contributed by atoms with Crippen LogP contribution in [-0.4, -0.2) is 37.6 Å². The van der Waals surface area contributed by atoms with E-state index in [1.54, 1.807) is 14.2 Å². The summed E-state index contributed by atoms with van der Waals surface area (Å²) in [7, 11) is 3.27. The molecule has 2 rings (SSSR count).